The van der Waals surface area contributed by atoms with E-state index in [-0.39, 0.29) is 12.2 Å². The molecule has 0 unspecified atom stereocenters. The average molecular weight is 226 g/mol. The highest BCUT2D eigenvalue weighted by Gasteiger charge is 2.23. The summed E-state index contributed by atoms with van der Waals surface area (Å²) in [5.74, 6) is -1.23. The lowest BCUT2D eigenvalue weighted by Crippen LogP contribution is -2.00. The molecule has 0 bridgehead atoms. The fourth-order valence-corrected chi connectivity index (χ4v) is 2.34. The Bertz CT molecular complexity index is 388. The first kappa shape index (κ1) is 10.5. The number of hydrogen-bond acceptors (Lipinski definition) is 2. The predicted molar refractivity (Wildman–Crippen MR) is 56.6 cm³/mol. The van der Waals surface area contributed by atoms with Crippen LogP contribution in [0.3, 0.4) is 0 Å². The van der Waals surface area contributed by atoms with E-state index in [9.17, 15) is 9.18 Å². The van der Waals surface area contributed by atoms with Crippen LogP contribution in [0.2, 0.25) is 0 Å². The molecule has 1 aliphatic rings. The van der Waals surface area contributed by atoms with Crippen LogP contribution in [-0.2, 0) is 11.2 Å². The third-order valence-electron chi connectivity index (χ3n) is 2.17. The molecule has 0 amide bonds. The van der Waals surface area contributed by atoms with Gasteiger partial charge in [0.25, 0.3) is 0 Å². The van der Waals surface area contributed by atoms with E-state index in [4.69, 9.17) is 5.11 Å². The molecule has 1 aromatic carbocycles. The van der Waals surface area contributed by atoms with Crippen molar-refractivity contribution in [3.63, 3.8) is 0 Å². The first-order valence-electron chi connectivity index (χ1n) is 4.82. The minimum absolute atomic E-state index is 0.120. The number of thioether (sulfide) groups is 1. The van der Waals surface area contributed by atoms with E-state index in [1.165, 1.54) is 6.07 Å². The van der Waals surface area contributed by atoms with Gasteiger partial charge in [0.15, 0.2) is 0 Å². The first-order chi connectivity index (χ1) is 7.15. The molecule has 2 rings (SSSR count). The van der Waals surface area contributed by atoms with Crippen LogP contribution in [0.1, 0.15) is 18.4 Å². The highest BCUT2D eigenvalue weighted by molar-refractivity contribution is 8.00. The van der Waals surface area contributed by atoms with Crippen molar-refractivity contribution in [2.75, 3.05) is 0 Å². The van der Waals surface area contributed by atoms with Gasteiger partial charge in [0, 0.05) is 10.1 Å². The van der Waals surface area contributed by atoms with Crippen LogP contribution < -0.4 is 0 Å². The molecule has 0 spiro atoms. The zero-order valence-electron chi connectivity index (χ0n) is 8.07. The molecule has 0 aliphatic heterocycles. The topological polar surface area (TPSA) is 37.3 Å². The van der Waals surface area contributed by atoms with Gasteiger partial charge in [0.05, 0.1) is 6.42 Å². The fraction of sp³-hybridized carbons (Fsp3) is 0.364. The molecule has 0 atom stereocenters. The molecule has 15 heavy (non-hydrogen) atoms. The van der Waals surface area contributed by atoms with E-state index in [0.29, 0.717) is 15.7 Å². The lowest BCUT2D eigenvalue weighted by molar-refractivity contribution is -0.136. The van der Waals surface area contributed by atoms with Crippen LogP contribution in [0.25, 0.3) is 0 Å². The monoisotopic (exact) mass is 226 g/mol. The molecule has 0 saturated heterocycles. The van der Waals surface area contributed by atoms with E-state index >= 15 is 0 Å². The number of carboxylic acids is 1. The molecule has 1 saturated carbocycles. The lowest BCUT2D eigenvalue weighted by Gasteiger charge is -2.03. The van der Waals surface area contributed by atoms with Gasteiger partial charge in [-0.2, -0.15) is 0 Å². The minimum Gasteiger partial charge on any atom is -0.481 e. The summed E-state index contributed by atoms with van der Waals surface area (Å²) >= 11 is 1.54. The van der Waals surface area contributed by atoms with Crippen molar-refractivity contribution in [2.45, 2.75) is 29.4 Å². The molecule has 0 heterocycles. The van der Waals surface area contributed by atoms with Gasteiger partial charge < -0.3 is 5.11 Å². The maximum absolute atomic E-state index is 13.5. The molecular weight excluding hydrogens is 215 g/mol. The van der Waals surface area contributed by atoms with E-state index in [1.54, 1.807) is 23.9 Å². The summed E-state index contributed by atoms with van der Waals surface area (Å²) < 4.78 is 13.5. The second kappa shape index (κ2) is 4.23. The quantitative estimate of drug-likeness (QED) is 0.857. The summed E-state index contributed by atoms with van der Waals surface area (Å²) in [5, 5.41) is 9.11. The third-order valence-corrected chi connectivity index (χ3v) is 3.56. The van der Waals surface area contributed by atoms with Crippen molar-refractivity contribution in [1.82, 2.24) is 0 Å². The smallest absolute Gasteiger partial charge is 0.307 e. The summed E-state index contributed by atoms with van der Waals surface area (Å²) in [6.07, 6.45) is 2.19. The van der Waals surface area contributed by atoms with Crippen LogP contribution in [0.15, 0.2) is 23.1 Å². The summed E-state index contributed by atoms with van der Waals surface area (Å²) in [7, 11) is 0. The standard InChI is InChI=1S/C11H11FO2S/c12-9-5-7(6-11(13)14)1-4-10(9)15-8-2-3-8/h1,4-5,8H,2-3,6H2,(H,13,14). The molecule has 1 aliphatic carbocycles. The fourth-order valence-electron chi connectivity index (χ4n) is 1.29. The summed E-state index contributed by atoms with van der Waals surface area (Å²) in [4.78, 5) is 11.1. The largest absolute Gasteiger partial charge is 0.481 e. The molecule has 2 nitrogen and oxygen atoms in total. The Morgan fingerprint density at radius 1 is 1.53 bits per heavy atom. The Kier molecular flexibility index (Phi) is 2.95. The van der Waals surface area contributed by atoms with Gasteiger partial charge in [0.2, 0.25) is 0 Å². The van der Waals surface area contributed by atoms with Gasteiger partial charge in [-0.1, -0.05) is 6.07 Å². The Balaban J connectivity index is 2.10. The molecule has 1 N–H and O–H groups in total. The zero-order chi connectivity index (χ0) is 10.8. The Morgan fingerprint density at radius 2 is 2.27 bits per heavy atom. The van der Waals surface area contributed by atoms with Crippen molar-refractivity contribution in [2.24, 2.45) is 0 Å². The van der Waals surface area contributed by atoms with Crippen LogP contribution in [0.4, 0.5) is 4.39 Å². The third kappa shape index (κ3) is 2.96. The minimum atomic E-state index is -0.933. The highest BCUT2D eigenvalue weighted by atomic mass is 32.2. The number of rotatable bonds is 4. The normalized spacial score (nSPS) is 15.3. The molecular formula is C11H11FO2S. The number of aliphatic carboxylic acids is 1. The number of carbonyl (C=O) groups is 1. The van der Waals surface area contributed by atoms with Crippen molar-refractivity contribution in [1.29, 1.82) is 0 Å². The number of halogens is 1. The Hall–Kier alpha value is -1.03. The molecule has 4 heteroatoms. The first-order valence-corrected chi connectivity index (χ1v) is 5.70. The van der Waals surface area contributed by atoms with Crippen LogP contribution in [0.5, 0.6) is 0 Å². The number of benzene rings is 1. The van der Waals surface area contributed by atoms with Gasteiger partial charge in [-0.25, -0.2) is 4.39 Å². The van der Waals surface area contributed by atoms with E-state index in [0.717, 1.165) is 12.8 Å². The van der Waals surface area contributed by atoms with E-state index < -0.39 is 5.97 Å². The second-order valence-electron chi connectivity index (χ2n) is 3.65. The molecule has 1 aromatic rings. The van der Waals surface area contributed by atoms with Gasteiger partial charge in [-0.05, 0) is 30.5 Å². The molecule has 0 radical (unpaired) electrons. The number of carboxylic acid groups (broad SMARTS) is 1. The van der Waals surface area contributed by atoms with Crippen molar-refractivity contribution in [3.8, 4) is 0 Å². The Labute approximate surface area is 91.5 Å². The van der Waals surface area contributed by atoms with Crippen LogP contribution in [0, 0.1) is 5.82 Å². The van der Waals surface area contributed by atoms with Gasteiger partial charge >= 0.3 is 5.97 Å². The summed E-state index contributed by atoms with van der Waals surface area (Å²) in [6, 6.07) is 4.68. The van der Waals surface area contributed by atoms with Crippen LogP contribution >= 0.6 is 11.8 Å². The van der Waals surface area contributed by atoms with E-state index in [2.05, 4.69) is 0 Å². The maximum atomic E-state index is 13.5. The second-order valence-corrected chi connectivity index (χ2v) is 4.99. The van der Waals surface area contributed by atoms with Gasteiger partial charge in [0.1, 0.15) is 5.82 Å². The highest BCUT2D eigenvalue weighted by Crippen LogP contribution is 2.40. The van der Waals surface area contributed by atoms with Gasteiger partial charge in [-0.3, -0.25) is 4.79 Å². The summed E-state index contributed by atoms with van der Waals surface area (Å²) in [6.45, 7) is 0. The van der Waals surface area contributed by atoms with Crippen LogP contribution in [-0.4, -0.2) is 16.3 Å². The maximum Gasteiger partial charge on any atom is 0.307 e. The molecule has 0 aromatic heterocycles. The Morgan fingerprint density at radius 3 is 2.80 bits per heavy atom. The van der Waals surface area contributed by atoms with Crippen molar-refractivity contribution >= 4 is 17.7 Å². The predicted octanol–water partition coefficient (Wildman–Crippen LogP) is 2.71. The lowest BCUT2D eigenvalue weighted by atomic mass is 10.1. The zero-order valence-corrected chi connectivity index (χ0v) is 8.89. The van der Waals surface area contributed by atoms with E-state index in [1.807, 2.05) is 0 Å². The molecule has 80 valence electrons. The summed E-state index contributed by atoms with van der Waals surface area (Å²) in [5.41, 5.74) is 0.514. The SMILES string of the molecule is O=C(O)Cc1ccc(SC2CC2)c(F)c1. The van der Waals surface area contributed by atoms with Crippen molar-refractivity contribution in [3.05, 3.63) is 29.6 Å². The molecule has 1 fully saturated rings. The number of hydrogen-bond donors (Lipinski definition) is 1. The average Bonchev–Trinajstić information content (AvgIpc) is 2.92. The van der Waals surface area contributed by atoms with Crippen molar-refractivity contribution < 1.29 is 14.3 Å². The van der Waals surface area contributed by atoms with Gasteiger partial charge in [-0.15, -0.1) is 11.8 Å².